The Morgan fingerprint density at radius 1 is 1.04 bits per heavy atom. The molecule has 0 unspecified atom stereocenters. The van der Waals surface area contributed by atoms with Gasteiger partial charge >= 0.3 is 17.8 Å². The van der Waals surface area contributed by atoms with Crippen LogP contribution < -0.4 is 16.0 Å². The molecule has 140 valence electrons. The molecule has 1 aromatic carbocycles. The van der Waals surface area contributed by atoms with E-state index in [2.05, 4.69) is 16.0 Å². The van der Waals surface area contributed by atoms with E-state index in [0.717, 1.165) is 5.56 Å². The molecule has 1 amide bonds. The molecule has 1 aliphatic heterocycles. The Kier molecular flexibility index (Phi) is 6.60. The van der Waals surface area contributed by atoms with Gasteiger partial charge < -0.3 is 25.4 Å². The van der Waals surface area contributed by atoms with Crippen LogP contribution in [0.5, 0.6) is 0 Å². The van der Waals surface area contributed by atoms with Crippen molar-refractivity contribution in [3.8, 4) is 0 Å². The third-order valence-corrected chi connectivity index (χ3v) is 3.61. The average molecular weight is 361 g/mol. The van der Waals surface area contributed by atoms with Crippen LogP contribution in [0.25, 0.3) is 5.57 Å². The van der Waals surface area contributed by atoms with Crippen molar-refractivity contribution in [3.05, 3.63) is 35.1 Å². The van der Waals surface area contributed by atoms with Crippen molar-refractivity contribution in [2.24, 2.45) is 0 Å². The molecule has 0 bridgehead atoms. The lowest BCUT2D eigenvalue weighted by atomic mass is 10.0. The monoisotopic (exact) mass is 361 g/mol. The number of aryl methyl sites for hydroxylation is 1. The highest BCUT2D eigenvalue weighted by Crippen LogP contribution is 2.28. The molecule has 1 saturated heterocycles. The van der Waals surface area contributed by atoms with E-state index >= 15 is 0 Å². The van der Waals surface area contributed by atoms with Gasteiger partial charge in [0.05, 0.1) is 13.2 Å². The molecule has 0 atom stereocenters. The minimum absolute atomic E-state index is 0.0962. The first-order valence-electron chi connectivity index (χ1n) is 8.46. The highest BCUT2D eigenvalue weighted by Gasteiger charge is 2.26. The summed E-state index contributed by atoms with van der Waals surface area (Å²) in [6.07, 6.45) is 0. The van der Waals surface area contributed by atoms with E-state index in [-0.39, 0.29) is 18.8 Å². The second kappa shape index (κ2) is 8.89. The highest BCUT2D eigenvalue weighted by molar-refractivity contribution is 6.37. The summed E-state index contributed by atoms with van der Waals surface area (Å²) in [6.45, 7) is 6.83. The normalized spacial score (nSPS) is 12.7. The minimum Gasteiger partial charge on any atom is -0.462 e. The summed E-state index contributed by atoms with van der Waals surface area (Å²) in [4.78, 5) is 36.2. The molecule has 1 heterocycles. The second-order valence-electron chi connectivity index (χ2n) is 5.55. The molecule has 0 aliphatic carbocycles. The number of nitrogens with one attached hydrogen (secondary N) is 3. The SMILES string of the molecule is CCOC(=O)C(=O)Nc1ccc(C)cc1C(C(=O)OCC)=C1NCCN1. The Morgan fingerprint density at radius 3 is 2.27 bits per heavy atom. The van der Waals surface area contributed by atoms with Gasteiger partial charge in [0, 0.05) is 24.3 Å². The van der Waals surface area contributed by atoms with Crippen LogP contribution in [0.1, 0.15) is 25.0 Å². The van der Waals surface area contributed by atoms with Crippen molar-refractivity contribution in [1.82, 2.24) is 10.6 Å². The first-order chi connectivity index (χ1) is 12.5. The van der Waals surface area contributed by atoms with E-state index < -0.39 is 17.8 Å². The maximum absolute atomic E-state index is 12.6. The molecular weight excluding hydrogens is 338 g/mol. The van der Waals surface area contributed by atoms with Crippen molar-refractivity contribution in [2.75, 3.05) is 31.6 Å². The lowest BCUT2D eigenvalue weighted by molar-refractivity contribution is -0.152. The summed E-state index contributed by atoms with van der Waals surface area (Å²) in [5, 5.41) is 8.71. The van der Waals surface area contributed by atoms with Crippen molar-refractivity contribution in [2.45, 2.75) is 20.8 Å². The second-order valence-corrected chi connectivity index (χ2v) is 5.55. The van der Waals surface area contributed by atoms with E-state index in [1.807, 2.05) is 6.92 Å². The Balaban J connectivity index is 2.46. The number of hydrogen-bond acceptors (Lipinski definition) is 7. The number of ether oxygens (including phenoxy) is 2. The van der Waals surface area contributed by atoms with E-state index in [1.54, 1.807) is 32.0 Å². The molecule has 3 N–H and O–H groups in total. The Labute approximate surface area is 151 Å². The number of benzene rings is 1. The molecule has 0 spiro atoms. The van der Waals surface area contributed by atoms with Crippen LogP contribution in [-0.4, -0.2) is 44.1 Å². The van der Waals surface area contributed by atoms with Crippen molar-refractivity contribution >= 4 is 29.1 Å². The van der Waals surface area contributed by atoms with Crippen LogP contribution in [0.4, 0.5) is 5.69 Å². The Bertz CT molecular complexity index is 734. The number of anilines is 1. The van der Waals surface area contributed by atoms with Gasteiger partial charge in [-0.3, -0.25) is 4.79 Å². The third kappa shape index (κ3) is 4.53. The van der Waals surface area contributed by atoms with Crippen LogP contribution in [0.3, 0.4) is 0 Å². The predicted molar refractivity (Wildman–Crippen MR) is 96.0 cm³/mol. The first-order valence-corrected chi connectivity index (χ1v) is 8.46. The lowest BCUT2D eigenvalue weighted by Gasteiger charge is -2.16. The topological polar surface area (TPSA) is 106 Å². The van der Waals surface area contributed by atoms with Gasteiger partial charge in [0.25, 0.3) is 0 Å². The smallest absolute Gasteiger partial charge is 0.397 e. The largest absolute Gasteiger partial charge is 0.462 e. The van der Waals surface area contributed by atoms with E-state index in [1.165, 1.54) is 0 Å². The fourth-order valence-corrected chi connectivity index (χ4v) is 2.51. The van der Waals surface area contributed by atoms with Crippen LogP contribution in [0, 0.1) is 6.92 Å². The zero-order chi connectivity index (χ0) is 19.1. The molecule has 0 saturated carbocycles. The molecule has 1 aromatic rings. The molecular formula is C18H23N3O5. The number of carbonyl (C=O) groups excluding carboxylic acids is 3. The number of hydrogen-bond donors (Lipinski definition) is 3. The summed E-state index contributed by atoms with van der Waals surface area (Å²) in [5.41, 5.74) is 1.93. The molecule has 1 aliphatic rings. The molecule has 0 radical (unpaired) electrons. The van der Waals surface area contributed by atoms with Crippen LogP contribution in [0.15, 0.2) is 24.0 Å². The van der Waals surface area contributed by atoms with Crippen LogP contribution in [-0.2, 0) is 23.9 Å². The summed E-state index contributed by atoms with van der Waals surface area (Å²) >= 11 is 0. The fourth-order valence-electron chi connectivity index (χ4n) is 2.51. The summed E-state index contributed by atoms with van der Waals surface area (Å²) in [7, 11) is 0. The van der Waals surface area contributed by atoms with Gasteiger partial charge in [-0.15, -0.1) is 0 Å². The van der Waals surface area contributed by atoms with Crippen molar-refractivity contribution < 1.29 is 23.9 Å². The van der Waals surface area contributed by atoms with Crippen LogP contribution >= 0.6 is 0 Å². The lowest BCUT2D eigenvalue weighted by Crippen LogP contribution is -2.26. The zero-order valence-corrected chi connectivity index (χ0v) is 15.1. The molecule has 0 aromatic heterocycles. The summed E-state index contributed by atoms with van der Waals surface area (Å²) in [6, 6.07) is 5.16. The molecule has 26 heavy (non-hydrogen) atoms. The predicted octanol–water partition coefficient (Wildman–Crippen LogP) is 0.921. The van der Waals surface area contributed by atoms with E-state index in [9.17, 15) is 14.4 Å². The standard InChI is InChI=1S/C18H23N3O5/c1-4-25-17(23)14(15-19-8-9-20-15)12-10-11(3)6-7-13(12)21-16(22)18(24)26-5-2/h6-7,10,19-20H,4-5,8-9H2,1-3H3,(H,21,22). The molecule has 8 heteroatoms. The average Bonchev–Trinajstić information content (AvgIpc) is 3.12. The van der Waals surface area contributed by atoms with Gasteiger partial charge in [0.15, 0.2) is 0 Å². The number of carbonyl (C=O) groups is 3. The van der Waals surface area contributed by atoms with Gasteiger partial charge in [-0.05, 0) is 32.9 Å². The third-order valence-electron chi connectivity index (χ3n) is 3.61. The molecule has 2 rings (SSSR count). The maximum Gasteiger partial charge on any atom is 0.397 e. The Morgan fingerprint density at radius 2 is 1.65 bits per heavy atom. The van der Waals surface area contributed by atoms with Gasteiger partial charge in [-0.25, -0.2) is 9.59 Å². The van der Waals surface area contributed by atoms with Gasteiger partial charge in [-0.2, -0.15) is 0 Å². The van der Waals surface area contributed by atoms with Gasteiger partial charge in [0.2, 0.25) is 0 Å². The summed E-state index contributed by atoms with van der Waals surface area (Å²) in [5.74, 6) is -1.89. The van der Waals surface area contributed by atoms with Gasteiger partial charge in [-0.1, -0.05) is 11.6 Å². The number of amides is 1. The van der Waals surface area contributed by atoms with Gasteiger partial charge in [0.1, 0.15) is 11.4 Å². The van der Waals surface area contributed by atoms with Crippen molar-refractivity contribution in [1.29, 1.82) is 0 Å². The summed E-state index contributed by atoms with van der Waals surface area (Å²) < 4.78 is 9.88. The molecule has 8 nitrogen and oxygen atoms in total. The fraction of sp³-hybridized carbons (Fsp3) is 0.389. The number of esters is 2. The van der Waals surface area contributed by atoms with E-state index in [0.29, 0.717) is 30.2 Å². The number of rotatable bonds is 5. The maximum atomic E-state index is 12.6. The highest BCUT2D eigenvalue weighted by atomic mass is 16.5. The quantitative estimate of drug-likeness (QED) is 0.407. The zero-order valence-electron chi connectivity index (χ0n) is 15.1. The minimum atomic E-state index is -0.985. The first kappa shape index (κ1) is 19.3. The molecule has 1 fully saturated rings. The Hall–Kier alpha value is -3.03. The van der Waals surface area contributed by atoms with E-state index in [4.69, 9.17) is 9.47 Å². The van der Waals surface area contributed by atoms with Crippen molar-refractivity contribution in [3.63, 3.8) is 0 Å². The van der Waals surface area contributed by atoms with Crippen LogP contribution in [0.2, 0.25) is 0 Å².